The molecule has 0 radical (unpaired) electrons. The molecule has 0 bridgehead atoms. The van der Waals surface area contributed by atoms with Crippen LogP contribution in [0.1, 0.15) is 56.6 Å². The van der Waals surface area contributed by atoms with E-state index < -0.39 is 0 Å². The lowest BCUT2D eigenvalue weighted by molar-refractivity contribution is -0.123. The van der Waals surface area contributed by atoms with Gasteiger partial charge in [0, 0.05) is 18.2 Å². The molecular weight excluding hydrogens is 364 g/mol. The first-order chi connectivity index (χ1) is 14.0. The summed E-state index contributed by atoms with van der Waals surface area (Å²) in [5, 5.41) is 5.85. The highest BCUT2D eigenvalue weighted by atomic mass is 16.5. The number of hydrogen-bond acceptors (Lipinski definition) is 3. The second-order valence-corrected chi connectivity index (χ2v) is 7.96. The highest BCUT2D eigenvalue weighted by Gasteiger charge is 2.22. The molecule has 2 aromatic carbocycles. The number of amides is 2. The molecule has 2 N–H and O–H groups in total. The first-order valence-electron chi connectivity index (χ1n) is 10.4. The van der Waals surface area contributed by atoms with Gasteiger partial charge < -0.3 is 15.4 Å². The molecule has 0 aromatic heterocycles. The third kappa shape index (κ3) is 6.34. The van der Waals surface area contributed by atoms with Crippen LogP contribution in [0.15, 0.2) is 48.5 Å². The quantitative estimate of drug-likeness (QED) is 0.686. The maximum Gasteiger partial charge on any atom is 0.258 e. The summed E-state index contributed by atoms with van der Waals surface area (Å²) >= 11 is 0. The van der Waals surface area contributed by atoms with Gasteiger partial charge in [-0.05, 0) is 54.2 Å². The van der Waals surface area contributed by atoms with Crippen molar-refractivity contribution in [3.8, 4) is 5.75 Å². The van der Waals surface area contributed by atoms with Crippen molar-refractivity contribution in [2.75, 3.05) is 11.9 Å². The summed E-state index contributed by atoms with van der Waals surface area (Å²) in [6.45, 7) is 4.64. The standard InChI is InChI=1S/C24H30N2O3/c1-17(2)19-10-12-22(13-11-19)29-16-23(27)25-15-18-6-5-9-21(14-18)26-24(28)20-7-3-4-8-20/h5-6,9-14,17,20H,3-4,7-8,15-16H2,1-2H3,(H,25,27)(H,26,28). The average molecular weight is 395 g/mol. The molecule has 2 aromatic rings. The van der Waals surface area contributed by atoms with Crippen molar-refractivity contribution >= 4 is 17.5 Å². The molecule has 0 spiro atoms. The Labute approximate surface area is 172 Å². The predicted octanol–water partition coefficient (Wildman–Crippen LogP) is 4.63. The zero-order valence-electron chi connectivity index (χ0n) is 17.2. The van der Waals surface area contributed by atoms with Gasteiger partial charge in [-0.15, -0.1) is 0 Å². The molecular formula is C24H30N2O3. The van der Waals surface area contributed by atoms with Crippen LogP contribution in [0.5, 0.6) is 5.75 Å². The topological polar surface area (TPSA) is 67.4 Å². The minimum Gasteiger partial charge on any atom is -0.484 e. The molecule has 1 fully saturated rings. The number of ether oxygens (including phenoxy) is 1. The number of carbonyl (C=O) groups is 2. The van der Waals surface area contributed by atoms with Crippen molar-refractivity contribution < 1.29 is 14.3 Å². The fourth-order valence-electron chi connectivity index (χ4n) is 3.54. The van der Waals surface area contributed by atoms with E-state index in [4.69, 9.17) is 4.74 Å². The minimum atomic E-state index is -0.182. The highest BCUT2D eigenvalue weighted by molar-refractivity contribution is 5.92. The van der Waals surface area contributed by atoms with Gasteiger partial charge >= 0.3 is 0 Å². The van der Waals surface area contributed by atoms with Gasteiger partial charge in [-0.2, -0.15) is 0 Å². The van der Waals surface area contributed by atoms with Crippen LogP contribution < -0.4 is 15.4 Å². The summed E-state index contributed by atoms with van der Waals surface area (Å²) in [6, 6.07) is 15.4. The van der Waals surface area contributed by atoms with Gasteiger partial charge in [0.15, 0.2) is 6.61 Å². The Balaban J connectivity index is 1.44. The van der Waals surface area contributed by atoms with E-state index >= 15 is 0 Å². The zero-order chi connectivity index (χ0) is 20.6. The Hall–Kier alpha value is -2.82. The fraction of sp³-hybridized carbons (Fsp3) is 0.417. The Morgan fingerprint density at radius 1 is 1.07 bits per heavy atom. The molecule has 0 aliphatic heterocycles. The third-order valence-corrected chi connectivity index (χ3v) is 5.33. The molecule has 0 atom stereocenters. The number of nitrogens with one attached hydrogen (secondary N) is 2. The van der Waals surface area contributed by atoms with Crippen LogP contribution in [0.4, 0.5) is 5.69 Å². The molecule has 1 aliphatic rings. The number of hydrogen-bond donors (Lipinski definition) is 2. The van der Waals surface area contributed by atoms with Crippen molar-refractivity contribution in [3.05, 3.63) is 59.7 Å². The van der Waals surface area contributed by atoms with E-state index in [2.05, 4.69) is 24.5 Å². The SMILES string of the molecule is CC(C)c1ccc(OCC(=O)NCc2cccc(NC(=O)C3CCCC3)c2)cc1. The molecule has 154 valence electrons. The number of rotatable bonds is 8. The van der Waals surface area contributed by atoms with Crippen molar-refractivity contribution in [3.63, 3.8) is 0 Å². The largest absolute Gasteiger partial charge is 0.484 e. The molecule has 1 saturated carbocycles. The van der Waals surface area contributed by atoms with Gasteiger partial charge in [-0.3, -0.25) is 9.59 Å². The molecule has 2 amide bonds. The maximum atomic E-state index is 12.3. The van der Waals surface area contributed by atoms with Gasteiger partial charge in [0.25, 0.3) is 5.91 Å². The van der Waals surface area contributed by atoms with Gasteiger partial charge in [-0.1, -0.05) is 51.0 Å². The number of anilines is 1. The molecule has 0 unspecified atom stereocenters. The third-order valence-electron chi connectivity index (χ3n) is 5.33. The van der Waals surface area contributed by atoms with Crippen LogP contribution in [0, 0.1) is 5.92 Å². The van der Waals surface area contributed by atoms with Crippen molar-refractivity contribution in [1.82, 2.24) is 5.32 Å². The fourth-order valence-corrected chi connectivity index (χ4v) is 3.54. The molecule has 3 rings (SSSR count). The van der Waals surface area contributed by atoms with Gasteiger partial charge in [-0.25, -0.2) is 0 Å². The Morgan fingerprint density at radius 3 is 2.48 bits per heavy atom. The molecule has 1 aliphatic carbocycles. The number of benzene rings is 2. The van der Waals surface area contributed by atoms with E-state index in [0.29, 0.717) is 18.2 Å². The van der Waals surface area contributed by atoms with Crippen molar-refractivity contribution in [2.24, 2.45) is 5.92 Å². The second-order valence-electron chi connectivity index (χ2n) is 7.96. The van der Waals surface area contributed by atoms with Crippen LogP contribution >= 0.6 is 0 Å². The Bertz CT molecular complexity index is 824. The maximum absolute atomic E-state index is 12.3. The zero-order valence-corrected chi connectivity index (χ0v) is 17.2. The van der Waals surface area contributed by atoms with Gasteiger partial charge in [0.05, 0.1) is 0 Å². The van der Waals surface area contributed by atoms with Crippen LogP contribution in [-0.2, 0) is 16.1 Å². The van der Waals surface area contributed by atoms with Crippen LogP contribution in [0.3, 0.4) is 0 Å². The van der Waals surface area contributed by atoms with Crippen LogP contribution in [0.25, 0.3) is 0 Å². The van der Waals surface area contributed by atoms with Gasteiger partial charge in [0.1, 0.15) is 5.75 Å². The monoisotopic (exact) mass is 394 g/mol. The molecule has 5 nitrogen and oxygen atoms in total. The minimum absolute atomic E-state index is 0.0286. The predicted molar refractivity (Wildman–Crippen MR) is 115 cm³/mol. The van der Waals surface area contributed by atoms with E-state index in [0.717, 1.165) is 36.9 Å². The van der Waals surface area contributed by atoms with E-state index in [1.807, 2.05) is 48.5 Å². The van der Waals surface area contributed by atoms with Gasteiger partial charge in [0.2, 0.25) is 5.91 Å². The highest BCUT2D eigenvalue weighted by Crippen LogP contribution is 2.26. The summed E-state index contributed by atoms with van der Waals surface area (Å²) in [7, 11) is 0. The smallest absolute Gasteiger partial charge is 0.258 e. The van der Waals surface area contributed by atoms with E-state index in [-0.39, 0.29) is 24.3 Å². The van der Waals surface area contributed by atoms with Crippen LogP contribution in [-0.4, -0.2) is 18.4 Å². The molecule has 0 saturated heterocycles. The molecule has 5 heteroatoms. The first kappa shape index (κ1) is 20.9. The summed E-state index contributed by atoms with van der Waals surface area (Å²) in [5.41, 5.74) is 2.95. The lowest BCUT2D eigenvalue weighted by atomic mass is 10.0. The van der Waals surface area contributed by atoms with E-state index in [9.17, 15) is 9.59 Å². The molecule has 0 heterocycles. The molecule has 29 heavy (non-hydrogen) atoms. The van der Waals surface area contributed by atoms with Crippen LogP contribution in [0.2, 0.25) is 0 Å². The lowest BCUT2D eigenvalue weighted by Gasteiger charge is -2.12. The summed E-state index contributed by atoms with van der Waals surface area (Å²) in [6.07, 6.45) is 4.21. The first-order valence-corrected chi connectivity index (χ1v) is 10.4. The van der Waals surface area contributed by atoms with Crippen molar-refractivity contribution in [1.29, 1.82) is 0 Å². The van der Waals surface area contributed by atoms with E-state index in [1.165, 1.54) is 5.56 Å². The second kappa shape index (κ2) is 10.1. The summed E-state index contributed by atoms with van der Waals surface area (Å²) in [4.78, 5) is 24.4. The summed E-state index contributed by atoms with van der Waals surface area (Å²) < 4.78 is 5.56. The lowest BCUT2D eigenvalue weighted by Crippen LogP contribution is -2.28. The average Bonchev–Trinajstić information content (AvgIpc) is 3.26. The normalized spacial score (nSPS) is 14.0. The Morgan fingerprint density at radius 2 is 1.79 bits per heavy atom. The van der Waals surface area contributed by atoms with E-state index in [1.54, 1.807) is 0 Å². The van der Waals surface area contributed by atoms with Crippen molar-refractivity contribution in [2.45, 2.75) is 52.0 Å². The summed E-state index contributed by atoms with van der Waals surface area (Å²) in [5.74, 6) is 1.19. The Kier molecular flexibility index (Phi) is 7.28. The number of carbonyl (C=O) groups excluding carboxylic acids is 2.